The summed E-state index contributed by atoms with van der Waals surface area (Å²) in [6, 6.07) is 6.80. The Labute approximate surface area is 125 Å². The molecule has 0 saturated heterocycles. The van der Waals surface area contributed by atoms with Crippen molar-refractivity contribution in [1.82, 2.24) is 9.71 Å². The van der Waals surface area contributed by atoms with Crippen LogP contribution in [0.25, 0.3) is 0 Å². The van der Waals surface area contributed by atoms with Crippen LogP contribution in [0.3, 0.4) is 0 Å². The van der Waals surface area contributed by atoms with Crippen molar-refractivity contribution in [3.05, 3.63) is 45.9 Å². The molecule has 1 N–H and O–H groups in total. The molecule has 102 valence electrons. The molecular formula is C12H13BrN2O2S2. The first-order chi connectivity index (χ1) is 9.03. The minimum absolute atomic E-state index is 0.277. The van der Waals surface area contributed by atoms with E-state index in [1.807, 2.05) is 6.92 Å². The lowest BCUT2D eigenvalue weighted by molar-refractivity contribution is 0.581. The lowest BCUT2D eigenvalue weighted by Crippen LogP contribution is -2.23. The summed E-state index contributed by atoms with van der Waals surface area (Å²) in [5.74, 6) is 0. The molecule has 0 atom stereocenters. The third kappa shape index (κ3) is 3.62. The largest absolute Gasteiger partial charge is 0.250 e. The molecule has 0 spiro atoms. The van der Waals surface area contributed by atoms with Gasteiger partial charge in [0, 0.05) is 16.8 Å². The number of alkyl halides is 1. The van der Waals surface area contributed by atoms with E-state index in [1.165, 1.54) is 11.3 Å². The zero-order valence-electron chi connectivity index (χ0n) is 10.3. The van der Waals surface area contributed by atoms with E-state index in [4.69, 9.17) is 0 Å². The standard InChI is InChI=1S/C12H13BrN2O2S2/c1-9-12(18-8-14-9)7-15-19(16,17)11-4-2-10(6-13)3-5-11/h2-5,8,15H,6-7H2,1H3. The number of hydrogen-bond donors (Lipinski definition) is 1. The van der Waals surface area contributed by atoms with Crippen LogP contribution in [0.2, 0.25) is 0 Å². The Hall–Kier alpha value is -0.760. The SMILES string of the molecule is Cc1ncsc1CNS(=O)(=O)c1ccc(CBr)cc1. The fraction of sp³-hybridized carbons (Fsp3) is 0.250. The van der Waals surface area contributed by atoms with Gasteiger partial charge in [-0.3, -0.25) is 0 Å². The average molecular weight is 361 g/mol. The molecule has 4 nitrogen and oxygen atoms in total. The Morgan fingerprint density at radius 1 is 1.32 bits per heavy atom. The van der Waals surface area contributed by atoms with Crippen molar-refractivity contribution in [2.45, 2.75) is 23.7 Å². The van der Waals surface area contributed by atoms with Crippen LogP contribution in [0.15, 0.2) is 34.7 Å². The van der Waals surface area contributed by atoms with Gasteiger partial charge in [-0.05, 0) is 24.6 Å². The van der Waals surface area contributed by atoms with Gasteiger partial charge in [-0.2, -0.15) is 0 Å². The van der Waals surface area contributed by atoms with Crippen molar-refractivity contribution in [3.63, 3.8) is 0 Å². The molecule has 0 amide bonds. The van der Waals surface area contributed by atoms with Crippen LogP contribution in [0.1, 0.15) is 16.1 Å². The predicted octanol–water partition coefficient (Wildman–Crippen LogP) is 2.82. The lowest BCUT2D eigenvalue weighted by atomic mass is 10.2. The molecule has 1 heterocycles. The molecule has 0 bridgehead atoms. The minimum atomic E-state index is -3.46. The highest BCUT2D eigenvalue weighted by atomic mass is 79.9. The highest BCUT2D eigenvalue weighted by Gasteiger charge is 2.14. The van der Waals surface area contributed by atoms with E-state index in [0.29, 0.717) is 5.33 Å². The molecule has 0 fully saturated rings. The lowest BCUT2D eigenvalue weighted by Gasteiger charge is -2.06. The summed E-state index contributed by atoms with van der Waals surface area (Å²) < 4.78 is 26.8. The van der Waals surface area contributed by atoms with Crippen molar-refractivity contribution in [1.29, 1.82) is 0 Å². The Bertz CT molecular complexity index is 651. The molecule has 0 unspecified atom stereocenters. The average Bonchev–Trinajstić information content (AvgIpc) is 2.82. The number of sulfonamides is 1. The second-order valence-corrected chi connectivity index (χ2v) is 7.23. The van der Waals surface area contributed by atoms with Gasteiger partial charge in [0.05, 0.1) is 16.1 Å². The first kappa shape index (κ1) is 14.6. The number of nitrogens with zero attached hydrogens (tertiary/aromatic N) is 1. The summed E-state index contributed by atoms with van der Waals surface area (Å²) in [4.78, 5) is 5.30. The number of benzene rings is 1. The number of aromatic nitrogens is 1. The summed E-state index contributed by atoms with van der Waals surface area (Å²) in [7, 11) is -3.46. The van der Waals surface area contributed by atoms with Crippen LogP contribution >= 0.6 is 27.3 Å². The topological polar surface area (TPSA) is 59.1 Å². The fourth-order valence-electron chi connectivity index (χ4n) is 1.50. The summed E-state index contributed by atoms with van der Waals surface area (Å²) in [5.41, 5.74) is 3.61. The second kappa shape index (κ2) is 6.13. The van der Waals surface area contributed by atoms with Crippen LogP contribution in [0.4, 0.5) is 0 Å². The monoisotopic (exact) mass is 360 g/mol. The van der Waals surface area contributed by atoms with Crippen LogP contribution in [0.5, 0.6) is 0 Å². The molecule has 19 heavy (non-hydrogen) atoms. The Balaban J connectivity index is 2.11. The summed E-state index contributed by atoms with van der Waals surface area (Å²) >= 11 is 4.77. The third-order valence-corrected chi connectivity index (χ3v) is 5.66. The Morgan fingerprint density at radius 2 is 2.00 bits per heavy atom. The maximum absolute atomic E-state index is 12.1. The molecule has 2 rings (SSSR count). The van der Waals surface area contributed by atoms with Crippen LogP contribution < -0.4 is 4.72 Å². The summed E-state index contributed by atoms with van der Waals surface area (Å²) in [6.45, 7) is 2.14. The van der Waals surface area contributed by atoms with E-state index in [9.17, 15) is 8.42 Å². The van der Waals surface area contributed by atoms with Crippen molar-refractivity contribution in [2.75, 3.05) is 0 Å². The van der Waals surface area contributed by atoms with Gasteiger partial charge in [-0.1, -0.05) is 28.1 Å². The molecule has 0 aliphatic carbocycles. The molecule has 0 radical (unpaired) electrons. The Morgan fingerprint density at radius 3 is 2.53 bits per heavy atom. The zero-order chi connectivity index (χ0) is 13.9. The van der Waals surface area contributed by atoms with Crippen LogP contribution in [-0.2, 0) is 21.9 Å². The summed E-state index contributed by atoms with van der Waals surface area (Å²) in [6.07, 6.45) is 0. The number of hydrogen-bond acceptors (Lipinski definition) is 4. The van der Waals surface area contributed by atoms with Gasteiger partial charge in [-0.15, -0.1) is 11.3 Å². The molecule has 0 aliphatic rings. The highest BCUT2D eigenvalue weighted by Crippen LogP contribution is 2.15. The normalized spacial score (nSPS) is 11.7. The van der Waals surface area contributed by atoms with Gasteiger partial charge in [0.25, 0.3) is 0 Å². The van der Waals surface area contributed by atoms with Gasteiger partial charge in [0.15, 0.2) is 0 Å². The quantitative estimate of drug-likeness (QED) is 0.834. The highest BCUT2D eigenvalue weighted by molar-refractivity contribution is 9.08. The molecule has 1 aromatic carbocycles. The molecule has 2 aromatic rings. The third-order valence-electron chi connectivity index (χ3n) is 2.66. The first-order valence-electron chi connectivity index (χ1n) is 5.56. The number of nitrogens with one attached hydrogen (secondary N) is 1. The molecule has 1 aromatic heterocycles. The fourth-order valence-corrected chi connectivity index (χ4v) is 3.67. The van der Waals surface area contributed by atoms with Crippen molar-refractivity contribution in [2.24, 2.45) is 0 Å². The van der Waals surface area contributed by atoms with Crippen molar-refractivity contribution >= 4 is 37.3 Å². The molecule has 0 saturated carbocycles. The Kier molecular flexibility index (Phi) is 4.72. The van der Waals surface area contributed by atoms with E-state index in [0.717, 1.165) is 16.1 Å². The smallest absolute Gasteiger partial charge is 0.240 e. The van der Waals surface area contributed by atoms with E-state index < -0.39 is 10.0 Å². The first-order valence-corrected chi connectivity index (χ1v) is 9.05. The minimum Gasteiger partial charge on any atom is -0.250 e. The molecule has 0 aliphatic heterocycles. The van der Waals surface area contributed by atoms with Gasteiger partial charge in [0.1, 0.15) is 0 Å². The van der Waals surface area contributed by atoms with Crippen molar-refractivity contribution < 1.29 is 8.42 Å². The zero-order valence-corrected chi connectivity index (χ0v) is 13.5. The number of thiazole rings is 1. The molecule has 7 heteroatoms. The van der Waals surface area contributed by atoms with Crippen molar-refractivity contribution in [3.8, 4) is 0 Å². The maximum Gasteiger partial charge on any atom is 0.240 e. The van der Waals surface area contributed by atoms with Crippen LogP contribution in [0, 0.1) is 6.92 Å². The van der Waals surface area contributed by atoms with Crippen LogP contribution in [-0.4, -0.2) is 13.4 Å². The summed E-state index contributed by atoms with van der Waals surface area (Å²) in [5, 5.41) is 0.709. The number of rotatable bonds is 5. The number of aryl methyl sites for hydroxylation is 1. The van der Waals surface area contributed by atoms with E-state index in [1.54, 1.807) is 29.8 Å². The van der Waals surface area contributed by atoms with Gasteiger partial charge >= 0.3 is 0 Å². The molecular weight excluding hydrogens is 348 g/mol. The predicted molar refractivity (Wildman–Crippen MR) is 79.9 cm³/mol. The van der Waals surface area contributed by atoms with Gasteiger partial charge in [0.2, 0.25) is 10.0 Å². The second-order valence-electron chi connectivity index (χ2n) is 3.96. The van der Waals surface area contributed by atoms with E-state index in [2.05, 4.69) is 25.6 Å². The van der Waals surface area contributed by atoms with E-state index >= 15 is 0 Å². The maximum atomic E-state index is 12.1. The van der Waals surface area contributed by atoms with Gasteiger partial charge in [-0.25, -0.2) is 18.1 Å². The van der Waals surface area contributed by atoms with E-state index in [-0.39, 0.29) is 11.4 Å². The van der Waals surface area contributed by atoms with Gasteiger partial charge < -0.3 is 0 Å². The number of halogens is 1.